The lowest BCUT2D eigenvalue weighted by Gasteiger charge is -2.22. The number of hydrogen-bond acceptors (Lipinski definition) is 3. The first-order valence-corrected chi connectivity index (χ1v) is 6.73. The molecular formula is C14H18ClNO3. The fourth-order valence-corrected chi connectivity index (χ4v) is 2.37. The Morgan fingerprint density at radius 1 is 1.53 bits per heavy atom. The molecule has 4 nitrogen and oxygen atoms in total. The summed E-state index contributed by atoms with van der Waals surface area (Å²) in [6.07, 6.45) is 2.38. The van der Waals surface area contributed by atoms with E-state index >= 15 is 0 Å². The van der Waals surface area contributed by atoms with Gasteiger partial charge in [-0.1, -0.05) is 17.7 Å². The van der Waals surface area contributed by atoms with E-state index in [1.807, 2.05) is 17.0 Å². The molecule has 1 aromatic carbocycles. The topological polar surface area (TPSA) is 49.8 Å². The van der Waals surface area contributed by atoms with Crippen molar-refractivity contribution in [2.75, 3.05) is 20.2 Å². The van der Waals surface area contributed by atoms with Gasteiger partial charge in [0.2, 0.25) is 0 Å². The van der Waals surface area contributed by atoms with Gasteiger partial charge in [0, 0.05) is 23.7 Å². The van der Waals surface area contributed by atoms with Crippen molar-refractivity contribution >= 4 is 17.6 Å². The minimum absolute atomic E-state index is 0.0326. The Kier molecular flexibility index (Phi) is 4.66. The Hall–Kier alpha value is -1.26. The molecule has 0 radical (unpaired) electrons. The number of rotatable bonds is 7. The molecule has 0 saturated heterocycles. The molecule has 0 aliphatic heterocycles. The minimum atomic E-state index is -0.813. The number of carbonyl (C=O) groups is 1. The molecule has 1 fully saturated rings. The predicted molar refractivity (Wildman–Crippen MR) is 73.6 cm³/mol. The zero-order chi connectivity index (χ0) is 13.8. The Balaban J connectivity index is 2.12. The van der Waals surface area contributed by atoms with Crippen molar-refractivity contribution in [3.63, 3.8) is 0 Å². The van der Waals surface area contributed by atoms with Gasteiger partial charge in [0.15, 0.2) is 0 Å². The van der Waals surface area contributed by atoms with Crippen LogP contribution in [0.1, 0.15) is 18.4 Å². The highest BCUT2D eigenvalue weighted by Crippen LogP contribution is 2.32. The lowest BCUT2D eigenvalue weighted by molar-refractivity contribution is -0.138. The number of halogens is 1. The predicted octanol–water partition coefficient (Wildman–Crippen LogP) is 2.65. The first kappa shape index (κ1) is 14.2. The number of carboxylic acids is 1. The number of hydrogen-bond donors (Lipinski definition) is 1. The van der Waals surface area contributed by atoms with Gasteiger partial charge in [0.25, 0.3) is 0 Å². The number of carboxylic acid groups (broad SMARTS) is 1. The number of benzene rings is 1. The number of aliphatic carboxylic acids is 1. The molecule has 0 heterocycles. The summed E-state index contributed by atoms with van der Waals surface area (Å²) in [4.78, 5) is 12.9. The third-order valence-corrected chi connectivity index (χ3v) is 3.60. The molecule has 1 N–H and O–H groups in total. The van der Waals surface area contributed by atoms with E-state index in [-0.39, 0.29) is 6.54 Å². The second-order valence-corrected chi connectivity index (χ2v) is 5.33. The van der Waals surface area contributed by atoms with Crippen molar-refractivity contribution in [1.82, 2.24) is 4.90 Å². The van der Waals surface area contributed by atoms with E-state index < -0.39 is 5.97 Å². The minimum Gasteiger partial charge on any atom is -0.496 e. The summed E-state index contributed by atoms with van der Waals surface area (Å²) < 4.78 is 5.29. The van der Waals surface area contributed by atoms with E-state index in [1.165, 1.54) is 12.8 Å². The smallest absolute Gasteiger partial charge is 0.317 e. The number of nitrogens with zero attached hydrogens (tertiary/aromatic N) is 1. The van der Waals surface area contributed by atoms with Gasteiger partial charge in [-0.3, -0.25) is 9.69 Å². The van der Waals surface area contributed by atoms with E-state index in [4.69, 9.17) is 21.4 Å². The summed E-state index contributed by atoms with van der Waals surface area (Å²) in [7, 11) is 1.59. The van der Waals surface area contributed by atoms with Gasteiger partial charge in [0.05, 0.1) is 13.7 Å². The van der Waals surface area contributed by atoms with Crippen LogP contribution in [-0.4, -0.2) is 36.2 Å². The fraction of sp³-hybridized carbons (Fsp3) is 0.500. The van der Waals surface area contributed by atoms with Gasteiger partial charge >= 0.3 is 5.97 Å². The van der Waals surface area contributed by atoms with Crippen LogP contribution < -0.4 is 4.74 Å². The molecule has 0 bridgehead atoms. The Bertz CT molecular complexity index is 460. The summed E-state index contributed by atoms with van der Waals surface area (Å²) in [5.41, 5.74) is 0.855. The second-order valence-electron chi connectivity index (χ2n) is 4.93. The Morgan fingerprint density at radius 3 is 2.84 bits per heavy atom. The quantitative estimate of drug-likeness (QED) is 0.836. The standard InChI is InChI=1S/C14H18ClNO3/c1-19-13-4-2-3-12(15)11(13)8-16(9-14(17)18)7-10-5-6-10/h2-4,10H,5-9H2,1H3,(H,17,18). The molecule has 19 heavy (non-hydrogen) atoms. The van der Waals surface area contributed by atoms with E-state index in [1.54, 1.807) is 13.2 Å². The summed E-state index contributed by atoms with van der Waals surface area (Å²) in [6, 6.07) is 5.47. The highest BCUT2D eigenvalue weighted by Gasteiger charge is 2.26. The van der Waals surface area contributed by atoms with Crippen molar-refractivity contribution < 1.29 is 14.6 Å². The molecule has 1 aliphatic rings. The molecule has 5 heteroatoms. The van der Waals surface area contributed by atoms with Crippen LogP contribution in [-0.2, 0) is 11.3 Å². The molecule has 1 saturated carbocycles. The average molecular weight is 284 g/mol. The van der Waals surface area contributed by atoms with Gasteiger partial charge in [0.1, 0.15) is 5.75 Å². The van der Waals surface area contributed by atoms with Crippen molar-refractivity contribution in [3.05, 3.63) is 28.8 Å². The van der Waals surface area contributed by atoms with Crippen molar-refractivity contribution in [1.29, 1.82) is 0 Å². The first-order chi connectivity index (χ1) is 9.10. The molecule has 0 atom stereocenters. The van der Waals surface area contributed by atoms with Crippen molar-refractivity contribution in [3.8, 4) is 5.75 Å². The third kappa shape index (κ3) is 4.11. The van der Waals surface area contributed by atoms with Crippen LogP contribution in [0.25, 0.3) is 0 Å². The summed E-state index contributed by atoms with van der Waals surface area (Å²) in [6.45, 7) is 1.34. The van der Waals surface area contributed by atoms with Gasteiger partial charge in [-0.05, 0) is 30.9 Å². The van der Waals surface area contributed by atoms with E-state index in [0.29, 0.717) is 23.2 Å². The van der Waals surface area contributed by atoms with Crippen LogP contribution in [0.4, 0.5) is 0 Å². The van der Waals surface area contributed by atoms with Crippen molar-refractivity contribution in [2.24, 2.45) is 5.92 Å². The van der Waals surface area contributed by atoms with E-state index in [2.05, 4.69) is 0 Å². The molecule has 0 aromatic heterocycles. The molecule has 2 rings (SSSR count). The van der Waals surface area contributed by atoms with E-state index in [0.717, 1.165) is 12.1 Å². The average Bonchev–Trinajstić information content (AvgIpc) is 3.14. The largest absolute Gasteiger partial charge is 0.496 e. The molecule has 104 valence electrons. The highest BCUT2D eigenvalue weighted by atomic mass is 35.5. The van der Waals surface area contributed by atoms with Gasteiger partial charge in [-0.15, -0.1) is 0 Å². The van der Waals surface area contributed by atoms with Gasteiger partial charge in [-0.25, -0.2) is 0 Å². The fourth-order valence-electron chi connectivity index (χ4n) is 2.15. The van der Waals surface area contributed by atoms with Crippen LogP contribution in [0.5, 0.6) is 5.75 Å². The van der Waals surface area contributed by atoms with Crippen LogP contribution in [0, 0.1) is 5.92 Å². The molecular weight excluding hydrogens is 266 g/mol. The van der Waals surface area contributed by atoms with Crippen LogP contribution in [0.3, 0.4) is 0 Å². The van der Waals surface area contributed by atoms with Gasteiger partial charge < -0.3 is 9.84 Å². The molecule has 0 unspecified atom stereocenters. The number of ether oxygens (including phenoxy) is 1. The Labute approximate surface area is 117 Å². The zero-order valence-corrected chi connectivity index (χ0v) is 11.7. The summed E-state index contributed by atoms with van der Waals surface area (Å²) in [5.74, 6) is 0.526. The van der Waals surface area contributed by atoms with E-state index in [9.17, 15) is 4.79 Å². The van der Waals surface area contributed by atoms with Gasteiger partial charge in [-0.2, -0.15) is 0 Å². The third-order valence-electron chi connectivity index (χ3n) is 3.25. The second kappa shape index (κ2) is 6.26. The van der Waals surface area contributed by atoms with Crippen molar-refractivity contribution in [2.45, 2.75) is 19.4 Å². The normalized spacial score (nSPS) is 14.7. The van der Waals surface area contributed by atoms with Crippen LogP contribution in [0.2, 0.25) is 5.02 Å². The summed E-state index contributed by atoms with van der Waals surface area (Å²) in [5, 5.41) is 9.60. The summed E-state index contributed by atoms with van der Waals surface area (Å²) >= 11 is 6.19. The monoisotopic (exact) mass is 283 g/mol. The zero-order valence-electron chi connectivity index (χ0n) is 10.9. The Morgan fingerprint density at radius 2 is 2.26 bits per heavy atom. The molecule has 0 amide bonds. The van der Waals surface area contributed by atoms with Crippen LogP contribution in [0.15, 0.2) is 18.2 Å². The molecule has 0 spiro atoms. The first-order valence-electron chi connectivity index (χ1n) is 6.35. The lowest BCUT2D eigenvalue weighted by Crippen LogP contribution is -2.31. The maximum Gasteiger partial charge on any atom is 0.317 e. The maximum absolute atomic E-state index is 10.9. The SMILES string of the molecule is COc1cccc(Cl)c1CN(CC(=O)O)CC1CC1. The highest BCUT2D eigenvalue weighted by molar-refractivity contribution is 6.31. The van der Waals surface area contributed by atoms with Crippen LogP contribution >= 0.6 is 11.6 Å². The molecule has 1 aliphatic carbocycles. The lowest BCUT2D eigenvalue weighted by atomic mass is 10.1. The maximum atomic E-state index is 10.9. The molecule has 1 aromatic rings. The number of methoxy groups -OCH3 is 1.